The van der Waals surface area contributed by atoms with Gasteiger partial charge in [-0.05, 0) is 24.8 Å². The Bertz CT molecular complexity index is 691. The van der Waals surface area contributed by atoms with Crippen molar-refractivity contribution in [1.82, 2.24) is 14.9 Å². The highest BCUT2D eigenvalue weighted by Gasteiger charge is 2.39. The number of fused-ring (bicyclic) bond motifs is 1. The minimum atomic E-state index is -0.331. The number of hydrogen-bond donors (Lipinski definition) is 0. The number of aromatic nitrogens is 3. The molecule has 2 heterocycles. The van der Waals surface area contributed by atoms with Crippen LogP contribution in [0.2, 0.25) is 0 Å². The number of carbonyl (C=O) groups is 2. The quantitative estimate of drug-likeness (QED) is 0.637. The lowest BCUT2D eigenvalue weighted by Crippen LogP contribution is -2.41. The molecule has 0 N–H and O–H groups in total. The Morgan fingerprint density at radius 2 is 1.71 bits per heavy atom. The molecule has 0 radical (unpaired) electrons. The van der Waals surface area contributed by atoms with Gasteiger partial charge in [-0.3, -0.25) is 9.59 Å². The fourth-order valence-electron chi connectivity index (χ4n) is 2.36. The average molecular weight is 302 g/mol. The molecule has 0 saturated heterocycles. The van der Waals surface area contributed by atoms with E-state index in [1.54, 1.807) is 28.9 Å². The lowest BCUT2D eigenvalue weighted by atomic mass is 10.1. The van der Waals surface area contributed by atoms with Gasteiger partial charge in [-0.1, -0.05) is 30.8 Å². The summed E-state index contributed by atoms with van der Waals surface area (Å²) in [4.78, 5) is 25.1. The summed E-state index contributed by atoms with van der Waals surface area (Å²) in [7, 11) is 0. The van der Waals surface area contributed by atoms with Gasteiger partial charge in [0.2, 0.25) is 5.16 Å². The van der Waals surface area contributed by atoms with Crippen LogP contribution < -0.4 is 5.01 Å². The van der Waals surface area contributed by atoms with Crippen molar-refractivity contribution in [1.29, 1.82) is 0 Å². The minimum Gasteiger partial charge on any atom is -0.267 e. The van der Waals surface area contributed by atoms with E-state index in [2.05, 4.69) is 10.2 Å². The van der Waals surface area contributed by atoms with E-state index in [1.165, 1.54) is 11.8 Å². The van der Waals surface area contributed by atoms with E-state index in [0.29, 0.717) is 28.5 Å². The number of benzene rings is 1. The van der Waals surface area contributed by atoms with Gasteiger partial charge in [0.1, 0.15) is 0 Å². The third kappa shape index (κ3) is 2.04. The second kappa shape index (κ2) is 5.33. The first-order valence-electron chi connectivity index (χ1n) is 6.65. The number of rotatable bonds is 4. The molecule has 1 aromatic heterocycles. The molecule has 2 amide bonds. The van der Waals surface area contributed by atoms with Crippen molar-refractivity contribution in [2.24, 2.45) is 0 Å². The van der Waals surface area contributed by atoms with Crippen molar-refractivity contribution >= 4 is 23.6 Å². The second-order valence-corrected chi connectivity index (χ2v) is 5.41. The summed E-state index contributed by atoms with van der Waals surface area (Å²) < 4.78 is 1.54. The van der Waals surface area contributed by atoms with Gasteiger partial charge in [-0.25, -0.2) is 4.68 Å². The molecule has 1 aromatic carbocycles. The SMILES string of the molecule is CCCc1nnc(SC)n1N1C(=O)c2ccccc2C1=O. The lowest BCUT2D eigenvalue weighted by Gasteiger charge is -2.18. The van der Waals surface area contributed by atoms with Crippen molar-refractivity contribution in [3.8, 4) is 0 Å². The van der Waals surface area contributed by atoms with Crippen molar-refractivity contribution < 1.29 is 9.59 Å². The molecule has 3 rings (SSSR count). The van der Waals surface area contributed by atoms with Gasteiger partial charge in [0.05, 0.1) is 11.1 Å². The van der Waals surface area contributed by atoms with E-state index in [1.807, 2.05) is 13.2 Å². The summed E-state index contributed by atoms with van der Waals surface area (Å²) in [6, 6.07) is 6.83. The molecule has 1 aliphatic heterocycles. The van der Waals surface area contributed by atoms with E-state index in [4.69, 9.17) is 0 Å². The third-order valence-electron chi connectivity index (χ3n) is 3.31. The summed E-state index contributed by atoms with van der Waals surface area (Å²) in [5.41, 5.74) is 0.844. The Morgan fingerprint density at radius 3 is 2.24 bits per heavy atom. The average Bonchev–Trinajstić information content (AvgIpc) is 3.00. The largest absolute Gasteiger partial charge is 0.281 e. The Balaban J connectivity index is 2.12. The zero-order valence-electron chi connectivity index (χ0n) is 11.7. The van der Waals surface area contributed by atoms with Crippen LogP contribution in [0.3, 0.4) is 0 Å². The van der Waals surface area contributed by atoms with Crippen LogP contribution in [0.1, 0.15) is 39.9 Å². The molecule has 2 aromatic rings. The monoisotopic (exact) mass is 302 g/mol. The summed E-state index contributed by atoms with van der Waals surface area (Å²) in [6.45, 7) is 2.01. The van der Waals surface area contributed by atoms with Crippen LogP contribution >= 0.6 is 11.8 Å². The van der Waals surface area contributed by atoms with Crippen LogP contribution in [-0.2, 0) is 6.42 Å². The van der Waals surface area contributed by atoms with Crippen molar-refractivity contribution in [3.63, 3.8) is 0 Å². The third-order valence-corrected chi connectivity index (χ3v) is 3.93. The van der Waals surface area contributed by atoms with Crippen LogP contribution in [0.25, 0.3) is 0 Å². The Kier molecular flexibility index (Phi) is 3.50. The molecule has 1 aliphatic rings. The molecule has 0 bridgehead atoms. The summed E-state index contributed by atoms with van der Waals surface area (Å²) >= 11 is 1.36. The summed E-state index contributed by atoms with van der Waals surface area (Å²) in [5.74, 6) is -0.0394. The zero-order chi connectivity index (χ0) is 15.0. The number of imide groups is 1. The first-order chi connectivity index (χ1) is 10.2. The zero-order valence-corrected chi connectivity index (χ0v) is 12.6. The maximum atomic E-state index is 12.5. The Hall–Kier alpha value is -2.15. The maximum Gasteiger partial charge on any atom is 0.281 e. The predicted molar refractivity (Wildman–Crippen MR) is 79.1 cm³/mol. The van der Waals surface area contributed by atoms with Crippen LogP contribution in [0, 0.1) is 0 Å². The van der Waals surface area contributed by atoms with Gasteiger partial charge in [0.15, 0.2) is 5.82 Å². The smallest absolute Gasteiger partial charge is 0.267 e. The van der Waals surface area contributed by atoms with Crippen LogP contribution in [-0.4, -0.2) is 32.9 Å². The minimum absolute atomic E-state index is 0.331. The first kappa shape index (κ1) is 13.8. The molecule has 0 atom stereocenters. The fourth-order valence-corrected chi connectivity index (χ4v) is 2.84. The highest BCUT2D eigenvalue weighted by Crippen LogP contribution is 2.25. The number of thioether (sulfide) groups is 1. The van der Waals surface area contributed by atoms with Crippen LogP contribution in [0.4, 0.5) is 0 Å². The molecule has 0 unspecified atom stereocenters. The van der Waals surface area contributed by atoms with E-state index in [9.17, 15) is 9.59 Å². The van der Waals surface area contributed by atoms with Gasteiger partial charge in [0.25, 0.3) is 11.8 Å². The van der Waals surface area contributed by atoms with Crippen LogP contribution in [0.5, 0.6) is 0 Å². The molecule has 0 fully saturated rings. The number of aryl methyl sites for hydroxylation is 1. The van der Waals surface area contributed by atoms with Gasteiger partial charge in [0, 0.05) is 6.42 Å². The molecule has 21 heavy (non-hydrogen) atoms. The number of carbonyl (C=O) groups excluding carboxylic acids is 2. The van der Waals surface area contributed by atoms with Gasteiger partial charge in [-0.2, -0.15) is 5.01 Å². The molecule has 6 nitrogen and oxygen atoms in total. The Morgan fingerprint density at radius 1 is 1.10 bits per heavy atom. The topological polar surface area (TPSA) is 68.1 Å². The standard InChI is InChI=1S/C14H14N4O2S/c1-3-6-11-15-16-14(21-2)17(11)18-12(19)9-7-4-5-8-10(9)13(18)20/h4-5,7-8H,3,6H2,1-2H3. The van der Waals surface area contributed by atoms with Gasteiger partial charge >= 0.3 is 0 Å². The lowest BCUT2D eigenvalue weighted by molar-refractivity contribution is 0.0879. The molecular formula is C14H14N4O2S. The first-order valence-corrected chi connectivity index (χ1v) is 7.88. The molecule has 0 aliphatic carbocycles. The Labute approximate surface area is 126 Å². The van der Waals surface area contributed by atoms with E-state index >= 15 is 0 Å². The van der Waals surface area contributed by atoms with Gasteiger partial charge in [-0.15, -0.1) is 10.2 Å². The molecule has 0 saturated carbocycles. The predicted octanol–water partition coefficient (Wildman–Crippen LogP) is 1.88. The molecule has 108 valence electrons. The summed E-state index contributed by atoms with van der Waals surface area (Å²) in [6.07, 6.45) is 3.35. The normalized spacial score (nSPS) is 13.9. The number of hydrogen-bond acceptors (Lipinski definition) is 5. The molecular weight excluding hydrogens is 288 g/mol. The second-order valence-electron chi connectivity index (χ2n) is 4.63. The maximum absolute atomic E-state index is 12.5. The summed E-state index contributed by atoms with van der Waals surface area (Å²) in [5, 5.41) is 9.83. The fraction of sp³-hybridized carbons (Fsp3) is 0.286. The number of amides is 2. The highest BCUT2D eigenvalue weighted by atomic mass is 32.2. The van der Waals surface area contributed by atoms with Crippen molar-refractivity contribution in [2.45, 2.75) is 24.9 Å². The molecule has 0 spiro atoms. The molecule has 7 heteroatoms. The van der Waals surface area contributed by atoms with Crippen LogP contribution in [0.15, 0.2) is 29.4 Å². The van der Waals surface area contributed by atoms with Crippen molar-refractivity contribution in [3.05, 3.63) is 41.2 Å². The van der Waals surface area contributed by atoms with E-state index in [0.717, 1.165) is 11.4 Å². The van der Waals surface area contributed by atoms with Crippen molar-refractivity contribution in [2.75, 3.05) is 11.3 Å². The number of nitrogens with zero attached hydrogens (tertiary/aromatic N) is 4. The van der Waals surface area contributed by atoms with Gasteiger partial charge < -0.3 is 0 Å². The van der Waals surface area contributed by atoms with E-state index in [-0.39, 0.29) is 11.8 Å². The highest BCUT2D eigenvalue weighted by molar-refractivity contribution is 7.98. The van der Waals surface area contributed by atoms with E-state index < -0.39 is 0 Å².